The summed E-state index contributed by atoms with van der Waals surface area (Å²) >= 11 is 6.17. The van der Waals surface area contributed by atoms with Gasteiger partial charge in [-0.3, -0.25) is 24.1 Å². The Bertz CT molecular complexity index is 1470. The Hall–Kier alpha value is -3.67. The highest BCUT2D eigenvalue weighted by Gasteiger charge is 2.42. The van der Waals surface area contributed by atoms with Gasteiger partial charge in [0.05, 0.1) is 35.2 Å². The van der Waals surface area contributed by atoms with Crippen molar-refractivity contribution in [3.63, 3.8) is 0 Å². The fourth-order valence-corrected chi connectivity index (χ4v) is 6.40. The molecule has 236 valence electrons. The SMILES string of the molecule is CC(C(=O)OC(C)(C)C)c1cccc(N2CCN([C@H]3CC[C@@H]3CO)CC2=O)c1N1CCN(c2cc(Cl)ccc2N)C(=O)C1=O. The van der Waals surface area contributed by atoms with Gasteiger partial charge >= 0.3 is 17.8 Å². The number of nitrogens with zero attached hydrogens (tertiary/aromatic N) is 4. The fourth-order valence-electron chi connectivity index (χ4n) is 6.23. The number of piperazine rings is 2. The third kappa shape index (κ3) is 6.13. The van der Waals surface area contributed by atoms with E-state index in [4.69, 9.17) is 22.1 Å². The predicted molar refractivity (Wildman–Crippen MR) is 169 cm³/mol. The zero-order valence-electron chi connectivity index (χ0n) is 25.6. The van der Waals surface area contributed by atoms with E-state index in [9.17, 15) is 24.3 Å². The number of para-hydroxylation sites is 1. The first-order chi connectivity index (χ1) is 20.8. The lowest BCUT2D eigenvalue weighted by molar-refractivity contribution is -0.156. The number of ether oxygens (including phenoxy) is 1. The Morgan fingerprint density at radius 1 is 1.00 bits per heavy atom. The molecule has 0 radical (unpaired) electrons. The van der Waals surface area contributed by atoms with Crippen molar-refractivity contribution in [2.45, 2.75) is 58.1 Å². The van der Waals surface area contributed by atoms with E-state index in [0.29, 0.717) is 46.4 Å². The number of carbonyl (C=O) groups is 4. The Labute approximate surface area is 262 Å². The minimum atomic E-state index is -0.813. The van der Waals surface area contributed by atoms with Crippen molar-refractivity contribution < 1.29 is 29.0 Å². The van der Waals surface area contributed by atoms with Crippen molar-refractivity contribution >= 4 is 58.0 Å². The molecule has 2 heterocycles. The number of rotatable bonds is 7. The molecule has 12 heteroatoms. The van der Waals surface area contributed by atoms with E-state index in [1.807, 2.05) is 0 Å². The normalized spacial score (nSPS) is 22.2. The monoisotopic (exact) mass is 625 g/mol. The van der Waals surface area contributed by atoms with E-state index < -0.39 is 29.3 Å². The average molecular weight is 626 g/mol. The average Bonchev–Trinajstić information content (AvgIpc) is 2.94. The number of nitrogens with two attached hydrogens (primary N) is 1. The molecule has 0 spiro atoms. The van der Waals surface area contributed by atoms with Gasteiger partial charge < -0.3 is 30.3 Å². The van der Waals surface area contributed by atoms with Crippen LogP contribution in [0.1, 0.15) is 52.0 Å². The molecule has 5 rings (SSSR count). The quantitative estimate of drug-likeness (QED) is 0.272. The molecular weight excluding hydrogens is 586 g/mol. The van der Waals surface area contributed by atoms with E-state index in [-0.39, 0.29) is 44.1 Å². The van der Waals surface area contributed by atoms with Crippen molar-refractivity contribution in [2.75, 3.05) is 59.8 Å². The van der Waals surface area contributed by atoms with E-state index in [2.05, 4.69) is 4.90 Å². The summed E-state index contributed by atoms with van der Waals surface area (Å²) < 4.78 is 5.68. The van der Waals surface area contributed by atoms with E-state index in [0.717, 1.165) is 12.8 Å². The molecule has 2 aliphatic heterocycles. The van der Waals surface area contributed by atoms with Gasteiger partial charge in [0.2, 0.25) is 5.91 Å². The summed E-state index contributed by atoms with van der Waals surface area (Å²) in [7, 11) is 0. The van der Waals surface area contributed by atoms with Crippen LogP contribution in [0, 0.1) is 5.92 Å². The van der Waals surface area contributed by atoms with Crippen LogP contribution in [0.15, 0.2) is 36.4 Å². The largest absolute Gasteiger partial charge is 0.460 e. The van der Waals surface area contributed by atoms with Crippen LogP contribution in [-0.2, 0) is 23.9 Å². The Morgan fingerprint density at radius 2 is 1.68 bits per heavy atom. The summed E-state index contributed by atoms with van der Waals surface area (Å²) in [6.07, 6.45) is 1.87. The predicted octanol–water partition coefficient (Wildman–Crippen LogP) is 3.17. The maximum atomic E-state index is 13.9. The van der Waals surface area contributed by atoms with Crippen LogP contribution < -0.4 is 20.4 Å². The molecule has 44 heavy (non-hydrogen) atoms. The standard InChI is InChI=1S/C32H40ClN5O6/c1-19(31(43)44-32(2,3)4)22-6-5-7-25(36-13-12-35(17-27(36)40)24-11-8-20(24)18-39)28(22)38-15-14-37(29(41)30(38)42)26-16-21(33)9-10-23(26)34/h5-7,9-10,16,19-20,24,39H,8,11-15,17-18,34H2,1-4H3/t19?,20-,24+/m1/s1. The number of hydrogen-bond acceptors (Lipinski definition) is 8. The number of aliphatic hydroxyl groups is 1. The number of benzene rings is 2. The van der Waals surface area contributed by atoms with E-state index in [1.54, 1.807) is 69.0 Å². The third-order valence-electron chi connectivity index (χ3n) is 8.67. The molecule has 3 atom stereocenters. The van der Waals surface area contributed by atoms with Crippen LogP contribution >= 0.6 is 11.6 Å². The second kappa shape index (κ2) is 12.4. The lowest BCUT2D eigenvalue weighted by Gasteiger charge is -2.47. The Kier molecular flexibility index (Phi) is 8.93. The van der Waals surface area contributed by atoms with Crippen molar-refractivity contribution in [1.82, 2.24) is 4.90 Å². The molecule has 3 N–H and O–H groups in total. The van der Waals surface area contributed by atoms with Crippen LogP contribution in [-0.4, -0.2) is 84.7 Å². The summed E-state index contributed by atoms with van der Waals surface area (Å²) in [6, 6.07) is 10.1. The molecule has 11 nitrogen and oxygen atoms in total. The molecule has 2 aromatic rings. The summed E-state index contributed by atoms with van der Waals surface area (Å²) in [6.45, 7) is 8.44. The molecule has 2 saturated heterocycles. The van der Waals surface area contributed by atoms with Gasteiger partial charge in [0.25, 0.3) is 0 Å². The molecule has 2 aromatic carbocycles. The van der Waals surface area contributed by atoms with Gasteiger partial charge in [-0.1, -0.05) is 23.7 Å². The molecular formula is C32H40ClN5O6. The number of carbonyl (C=O) groups excluding carboxylic acids is 4. The van der Waals surface area contributed by atoms with Crippen LogP contribution in [0.2, 0.25) is 5.02 Å². The molecule has 3 fully saturated rings. The number of hydrogen-bond donors (Lipinski definition) is 2. The number of halogens is 1. The Morgan fingerprint density at radius 3 is 2.32 bits per heavy atom. The minimum Gasteiger partial charge on any atom is -0.460 e. The van der Waals surface area contributed by atoms with Gasteiger partial charge in [-0.05, 0) is 76.3 Å². The number of anilines is 4. The molecule has 1 aliphatic carbocycles. The third-order valence-corrected chi connectivity index (χ3v) is 8.90. The molecule has 1 unspecified atom stereocenters. The number of aliphatic hydroxyl groups excluding tert-OH is 1. The van der Waals surface area contributed by atoms with E-state index in [1.165, 1.54) is 9.80 Å². The molecule has 3 aliphatic rings. The van der Waals surface area contributed by atoms with Crippen molar-refractivity contribution in [3.8, 4) is 0 Å². The lowest BCUT2D eigenvalue weighted by Crippen LogP contribution is -2.59. The zero-order chi connectivity index (χ0) is 31.9. The summed E-state index contributed by atoms with van der Waals surface area (Å²) in [5.41, 5.74) is 7.30. The van der Waals surface area contributed by atoms with Gasteiger partial charge in [0, 0.05) is 43.9 Å². The maximum Gasteiger partial charge on any atom is 0.317 e. The molecule has 3 amide bonds. The van der Waals surface area contributed by atoms with Gasteiger partial charge in [-0.25, -0.2) is 0 Å². The highest BCUT2D eigenvalue weighted by molar-refractivity contribution is 6.46. The number of nitrogen functional groups attached to an aromatic ring is 1. The molecule has 1 saturated carbocycles. The van der Waals surface area contributed by atoms with Crippen molar-refractivity contribution in [3.05, 3.63) is 47.0 Å². The first kappa shape index (κ1) is 31.7. The highest BCUT2D eigenvalue weighted by atomic mass is 35.5. The van der Waals surface area contributed by atoms with Gasteiger partial charge in [0.1, 0.15) is 5.60 Å². The summed E-state index contributed by atoms with van der Waals surface area (Å²) in [4.78, 5) is 60.8. The number of esters is 1. The lowest BCUT2D eigenvalue weighted by atomic mass is 9.79. The second-order valence-corrected chi connectivity index (χ2v) is 13.1. The van der Waals surface area contributed by atoms with Crippen LogP contribution in [0.5, 0.6) is 0 Å². The summed E-state index contributed by atoms with van der Waals surface area (Å²) in [5.74, 6) is -2.90. The summed E-state index contributed by atoms with van der Waals surface area (Å²) in [5, 5.41) is 10.1. The highest BCUT2D eigenvalue weighted by Crippen LogP contribution is 2.41. The smallest absolute Gasteiger partial charge is 0.317 e. The van der Waals surface area contributed by atoms with Crippen molar-refractivity contribution in [2.24, 2.45) is 5.92 Å². The van der Waals surface area contributed by atoms with E-state index >= 15 is 0 Å². The van der Waals surface area contributed by atoms with Gasteiger partial charge in [0.15, 0.2) is 0 Å². The topological polar surface area (TPSA) is 137 Å². The first-order valence-electron chi connectivity index (χ1n) is 15.0. The van der Waals surface area contributed by atoms with Gasteiger partial charge in [-0.2, -0.15) is 0 Å². The van der Waals surface area contributed by atoms with Crippen LogP contribution in [0.4, 0.5) is 22.7 Å². The van der Waals surface area contributed by atoms with Crippen molar-refractivity contribution in [1.29, 1.82) is 0 Å². The molecule has 0 aromatic heterocycles. The van der Waals surface area contributed by atoms with Crippen LogP contribution in [0.3, 0.4) is 0 Å². The van der Waals surface area contributed by atoms with Crippen LogP contribution in [0.25, 0.3) is 0 Å². The number of amides is 3. The second-order valence-electron chi connectivity index (χ2n) is 12.7. The van der Waals surface area contributed by atoms with Gasteiger partial charge in [-0.15, -0.1) is 0 Å². The fraction of sp³-hybridized carbons (Fsp3) is 0.500. The first-order valence-corrected chi connectivity index (χ1v) is 15.4. The zero-order valence-corrected chi connectivity index (χ0v) is 26.3. The minimum absolute atomic E-state index is 0.0932. The maximum absolute atomic E-state index is 13.9. The molecule has 0 bridgehead atoms. The Balaban J connectivity index is 1.51.